The molecule has 0 spiro atoms. The number of guanidine groups is 1. The van der Waals surface area contributed by atoms with E-state index in [0.717, 1.165) is 75.7 Å². The molecule has 3 heterocycles. The highest BCUT2D eigenvalue weighted by Crippen LogP contribution is 2.24. The van der Waals surface area contributed by atoms with Gasteiger partial charge in [-0.1, -0.05) is 25.1 Å². The van der Waals surface area contributed by atoms with Crippen molar-refractivity contribution >= 4 is 52.3 Å². The molecule has 9 heteroatoms. The maximum Gasteiger partial charge on any atom is 0.205 e. The van der Waals surface area contributed by atoms with E-state index >= 15 is 0 Å². The zero-order chi connectivity index (χ0) is 20.8. The van der Waals surface area contributed by atoms with E-state index in [9.17, 15) is 0 Å². The fourth-order valence-electron chi connectivity index (χ4n) is 4.12. The third-order valence-electron chi connectivity index (χ3n) is 5.86. The van der Waals surface area contributed by atoms with Crippen molar-refractivity contribution in [1.29, 1.82) is 0 Å². The zero-order valence-corrected chi connectivity index (χ0v) is 21.7. The normalized spacial score (nSPS) is 19.5. The van der Waals surface area contributed by atoms with Gasteiger partial charge in [0.05, 0.1) is 0 Å². The molecule has 2 fully saturated rings. The Morgan fingerprint density at radius 2 is 1.87 bits per heavy atom. The van der Waals surface area contributed by atoms with Gasteiger partial charge in [-0.3, -0.25) is 4.99 Å². The Morgan fingerprint density at radius 1 is 1.10 bits per heavy atom. The Morgan fingerprint density at radius 3 is 2.55 bits per heavy atom. The van der Waals surface area contributed by atoms with Crippen LogP contribution in [0.2, 0.25) is 0 Å². The van der Waals surface area contributed by atoms with Gasteiger partial charge in [0.2, 0.25) is 5.13 Å². The van der Waals surface area contributed by atoms with Crippen LogP contribution in [-0.2, 0) is 6.42 Å². The predicted octanol–water partition coefficient (Wildman–Crippen LogP) is 3.33. The van der Waals surface area contributed by atoms with Crippen molar-refractivity contribution in [3.05, 3.63) is 36.2 Å². The number of rotatable bonds is 6. The number of para-hydroxylation sites is 1. The second-order valence-corrected chi connectivity index (χ2v) is 8.68. The fourth-order valence-corrected chi connectivity index (χ4v) is 4.92. The summed E-state index contributed by atoms with van der Waals surface area (Å²) in [5.41, 5.74) is 1.33. The van der Waals surface area contributed by atoms with Gasteiger partial charge in [0.1, 0.15) is 5.82 Å². The van der Waals surface area contributed by atoms with Crippen LogP contribution >= 0.6 is 35.5 Å². The highest BCUT2D eigenvalue weighted by molar-refractivity contribution is 14.0. The summed E-state index contributed by atoms with van der Waals surface area (Å²) in [6.45, 7) is 12.1. The largest absolute Gasteiger partial charge is 0.371 e. The molecule has 0 amide bonds. The van der Waals surface area contributed by atoms with Gasteiger partial charge in [-0.05, 0) is 31.4 Å². The Bertz CT molecular complexity index is 820. The topological polar surface area (TPSA) is 59.9 Å². The van der Waals surface area contributed by atoms with E-state index in [1.165, 1.54) is 23.6 Å². The molecule has 0 bridgehead atoms. The summed E-state index contributed by atoms with van der Waals surface area (Å²) in [7, 11) is 0. The van der Waals surface area contributed by atoms with Crippen LogP contribution in [-0.4, -0.2) is 72.6 Å². The minimum absolute atomic E-state index is 0. The number of nitrogens with one attached hydrogen (secondary N) is 1. The number of nitrogens with zero attached hydrogens (tertiary/aromatic N) is 6. The maximum absolute atomic E-state index is 5.02. The quantitative estimate of drug-likeness (QED) is 0.336. The zero-order valence-electron chi connectivity index (χ0n) is 18.5. The molecule has 0 radical (unpaired) electrons. The molecule has 2 aliphatic heterocycles. The minimum atomic E-state index is 0. The van der Waals surface area contributed by atoms with Gasteiger partial charge in [0.25, 0.3) is 0 Å². The molecular formula is C22H34IN7S. The SMILES string of the molecule is CCNC(=NCC1CCN(c2ccccc2)C1)N1CCN(c2nc(CC)ns2)CC1.I. The number of aromatic nitrogens is 2. The van der Waals surface area contributed by atoms with Crippen molar-refractivity contribution < 1.29 is 0 Å². The Kier molecular flexibility index (Phi) is 9.18. The lowest BCUT2D eigenvalue weighted by molar-refractivity contribution is 0.371. The summed E-state index contributed by atoms with van der Waals surface area (Å²) < 4.78 is 4.43. The van der Waals surface area contributed by atoms with E-state index in [1.54, 1.807) is 0 Å². The molecule has 0 aliphatic carbocycles. The van der Waals surface area contributed by atoms with Gasteiger partial charge in [-0.25, -0.2) is 4.98 Å². The third kappa shape index (κ3) is 6.21. The number of halogens is 1. The lowest BCUT2D eigenvalue weighted by Gasteiger charge is -2.36. The van der Waals surface area contributed by atoms with Gasteiger partial charge < -0.3 is 20.0 Å². The molecule has 1 atom stereocenters. The average molecular weight is 556 g/mol. The van der Waals surface area contributed by atoms with Crippen molar-refractivity contribution in [1.82, 2.24) is 19.6 Å². The van der Waals surface area contributed by atoms with E-state index in [4.69, 9.17) is 4.99 Å². The Balaban J connectivity index is 0.00000272. The van der Waals surface area contributed by atoms with E-state index in [2.05, 4.69) is 73.6 Å². The summed E-state index contributed by atoms with van der Waals surface area (Å²) in [6, 6.07) is 10.7. The van der Waals surface area contributed by atoms with Gasteiger partial charge in [-0.2, -0.15) is 4.37 Å². The van der Waals surface area contributed by atoms with Gasteiger partial charge >= 0.3 is 0 Å². The lowest BCUT2D eigenvalue weighted by Crippen LogP contribution is -2.52. The second kappa shape index (κ2) is 11.8. The van der Waals surface area contributed by atoms with Crippen molar-refractivity contribution in [2.75, 3.05) is 62.2 Å². The van der Waals surface area contributed by atoms with Crippen LogP contribution in [0.1, 0.15) is 26.1 Å². The molecule has 31 heavy (non-hydrogen) atoms. The maximum atomic E-state index is 5.02. The first-order chi connectivity index (χ1) is 14.8. The minimum Gasteiger partial charge on any atom is -0.371 e. The third-order valence-corrected chi connectivity index (χ3v) is 6.68. The highest BCUT2D eigenvalue weighted by atomic mass is 127. The molecule has 2 aromatic rings. The smallest absolute Gasteiger partial charge is 0.205 e. The molecule has 1 N–H and O–H groups in total. The standard InChI is InChI=1S/C22H33N7S.HI/c1-3-20-25-22(30-26-20)28-14-12-27(13-15-28)21(23-4-2)24-16-18-10-11-29(17-18)19-8-6-5-7-9-19;/h5-9,18H,3-4,10-17H2,1-2H3,(H,23,24);1H. The van der Waals surface area contributed by atoms with Crippen LogP contribution in [0, 0.1) is 5.92 Å². The number of hydrogen-bond donors (Lipinski definition) is 1. The molecule has 7 nitrogen and oxygen atoms in total. The van der Waals surface area contributed by atoms with Gasteiger partial charge in [0.15, 0.2) is 5.96 Å². The van der Waals surface area contributed by atoms with Crippen LogP contribution < -0.4 is 15.1 Å². The van der Waals surface area contributed by atoms with Gasteiger partial charge in [0, 0.05) is 76.0 Å². The first-order valence-corrected chi connectivity index (χ1v) is 11.9. The van der Waals surface area contributed by atoms with E-state index < -0.39 is 0 Å². The molecule has 2 aliphatic rings. The number of benzene rings is 1. The second-order valence-electron chi connectivity index (χ2n) is 7.95. The molecule has 1 aromatic heterocycles. The van der Waals surface area contributed by atoms with Crippen LogP contribution in [0.5, 0.6) is 0 Å². The monoisotopic (exact) mass is 555 g/mol. The van der Waals surface area contributed by atoms with E-state index in [1.807, 2.05) is 0 Å². The van der Waals surface area contributed by atoms with Crippen molar-refractivity contribution in [2.45, 2.75) is 26.7 Å². The molecule has 1 aromatic carbocycles. The molecule has 1 unspecified atom stereocenters. The van der Waals surface area contributed by atoms with Crippen LogP contribution in [0.15, 0.2) is 35.3 Å². The van der Waals surface area contributed by atoms with Crippen LogP contribution in [0.4, 0.5) is 10.8 Å². The molecule has 0 saturated carbocycles. The fraction of sp³-hybridized carbons (Fsp3) is 0.591. The van der Waals surface area contributed by atoms with Gasteiger partial charge in [-0.15, -0.1) is 24.0 Å². The summed E-state index contributed by atoms with van der Waals surface area (Å²) in [4.78, 5) is 16.9. The number of hydrogen-bond acceptors (Lipinski definition) is 6. The number of aryl methyl sites for hydroxylation is 1. The van der Waals surface area contributed by atoms with Crippen LogP contribution in [0.25, 0.3) is 0 Å². The first kappa shape index (κ1) is 24.0. The van der Waals surface area contributed by atoms with Crippen molar-refractivity contribution in [3.8, 4) is 0 Å². The summed E-state index contributed by atoms with van der Waals surface area (Å²) in [5, 5.41) is 4.56. The lowest BCUT2D eigenvalue weighted by atomic mass is 10.1. The first-order valence-electron chi connectivity index (χ1n) is 11.2. The number of piperazine rings is 1. The summed E-state index contributed by atoms with van der Waals surface area (Å²) >= 11 is 1.52. The van der Waals surface area contributed by atoms with Crippen molar-refractivity contribution in [3.63, 3.8) is 0 Å². The predicted molar refractivity (Wildman–Crippen MR) is 141 cm³/mol. The Labute approximate surface area is 207 Å². The number of anilines is 2. The molecule has 170 valence electrons. The van der Waals surface area contributed by atoms with Crippen molar-refractivity contribution in [2.24, 2.45) is 10.9 Å². The Hall–Kier alpha value is -1.62. The highest BCUT2D eigenvalue weighted by Gasteiger charge is 2.25. The summed E-state index contributed by atoms with van der Waals surface area (Å²) in [5.74, 6) is 2.63. The van der Waals surface area contributed by atoms with Crippen LogP contribution in [0.3, 0.4) is 0 Å². The molecule has 4 rings (SSSR count). The molecule has 2 saturated heterocycles. The number of aliphatic imine (C=N–C) groups is 1. The molecular weight excluding hydrogens is 521 g/mol. The summed E-state index contributed by atoms with van der Waals surface area (Å²) in [6.07, 6.45) is 2.11. The average Bonchev–Trinajstić information content (AvgIpc) is 3.47. The van der Waals surface area contributed by atoms with E-state index in [0.29, 0.717) is 5.92 Å². The van der Waals surface area contributed by atoms with E-state index in [-0.39, 0.29) is 24.0 Å².